The Bertz CT molecular complexity index is 1050. The van der Waals surface area contributed by atoms with E-state index >= 15 is 0 Å². The van der Waals surface area contributed by atoms with Gasteiger partial charge in [0.25, 0.3) is 0 Å². The highest BCUT2D eigenvalue weighted by Gasteiger charge is 2.16. The van der Waals surface area contributed by atoms with Gasteiger partial charge in [-0.3, -0.25) is 0 Å². The topological polar surface area (TPSA) is 81.2 Å². The predicted molar refractivity (Wildman–Crippen MR) is 135 cm³/mol. The molecule has 168 valence electrons. The Kier molecular flexibility index (Phi) is 7.62. The van der Waals surface area contributed by atoms with Crippen LogP contribution in [0.3, 0.4) is 0 Å². The summed E-state index contributed by atoms with van der Waals surface area (Å²) >= 11 is 2.24. The lowest BCUT2D eigenvalue weighted by Gasteiger charge is -2.17. The van der Waals surface area contributed by atoms with Gasteiger partial charge in [-0.25, -0.2) is 0 Å². The molecule has 1 fully saturated rings. The molecule has 0 spiro atoms. The molecule has 0 bridgehead atoms. The van der Waals surface area contributed by atoms with E-state index in [-0.39, 0.29) is 6.01 Å². The molecule has 0 unspecified atom stereocenters. The molecule has 1 aliphatic carbocycles. The van der Waals surface area contributed by atoms with Crippen LogP contribution in [-0.2, 0) is 0 Å². The van der Waals surface area contributed by atoms with Gasteiger partial charge in [-0.15, -0.1) is 0 Å². The molecule has 1 saturated carbocycles. The van der Waals surface area contributed by atoms with E-state index in [2.05, 4.69) is 48.2 Å². The fourth-order valence-corrected chi connectivity index (χ4v) is 4.34. The number of aromatic nitrogens is 3. The maximum atomic E-state index is 6.03. The molecular formula is C24H28IN5O2. The molecule has 2 N–H and O–H groups in total. The number of benzene rings is 2. The largest absolute Gasteiger partial charge is 0.496 e. The maximum absolute atomic E-state index is 6.03. The summed E-state index contributed by atoms with van der Waals surface area (Å²) in [6.45, 7) is 2.00. The zero-order valence-electron chi connectivity index (χ0n) is 18.4. The van der Waals surface area contributed by atoms with E-state index in [1.807, 2.05) is 49.4 Å². The van der Waals surface area contributed by atoms with Crippen molar-refractivity contribution in [1.29, 1.82) is 0 Å². The van der Waals surface area contributed by atoms with Crippen molar-refractivity contribution in [3.8, 4) is 17.5 Å². The van der Waals surface area contributed by atoms with Crippen molar-refractivity contribution in [3.05, 3.63) is 51.6 Å². The van der Waals surface area contributed by atoms with Crippen molar-refractivity contribution in [2.24, 2.45) is 0 Å². The van der Waals surface area contributed by atoms with Crippen LogP contribution in [0.5, 0.6) is 17.5 Å². The summed E-state index contributed by atoms with van der Waals surface area (Å²) in [7, 11) is 1.67. The summed E-state index contributed by atoms with van der Waals surface area (Å²) in [5, 5.41) is 6.80. The van der Waals surface area contributed by atoms with Gasteiger partial charge >= 0.3 is 6.01 Å². The van der Waals surface area contributed by atoms with Crippen LogP contribution in [0.4, 0.5) is 17.6 Å². The number of hydrogen-bond donors (Lipinski definition) is 2. The molecule has 0 amide bonds. The van der Waals surface area contributed by atoms with Gasteiger partial charge in [-0.2, -0.15) is 15.0 Å². The summed E-state index contributed by atoms with van der Waals surface area (Å²) in [4.78, 5) is 13.7. The lowest BCUT2D eigenvalue weighted by Crippen LogP contribution is -2.20. The third-order valence-corrected chi connectivity index (χ3v) is 6.38. The first-order chi connectivity index (χ1) is 15.6. The molecule has 3 aromatic rings. The van der Waals surface area contributed by atoms with Crippen LogP contribution in [0.25, 0.3) is 0 Å². The average Bonchev–Trinajstić information content (AvgIpc) is 3.04. The molecule has 1 aromatic heterocycles. The molecule has 1 aliphatic rings. The third kappa shape index (κ3) is 5.99. The number of nitrogens with zero attached hydrogens (tertiary/aromatic N) is 3. The van der Waals surface area contributed by atoms with Gasteiger partial charge in [0.1, 0.15) is 11.5 Å². The van der Waals surface area contributed by atoms with Gasteiger partial charge in [-0.1, -0.05) is 37.8 Å². The maximum Gasteiger partial charge on any atom is 0.328 e. The van der Waals surface area contributed by atoms with Gasteiger partial charge in [0.15, 0.2) is 0 Å². The smallest absolute Gasteiger partial charge is 0.328 e. The minimum absolute atomic E-state index is 0.257. The quantitative estimate of drug-likeness (QED) is 0.260. The SMILES string of the molecule is COc1ccc(Nc2nc(NC3CCCCCC3)nc(Oc3ccccc3I)n2)cc1C. The Morgan fingerprint density at radius 3 is 2.38 bits per heavy atom. The highest BCUT2D eigenvalue weighted by Crippen LogP contribution is 2.28. The fraction of sp³-hybridized carbons (Fsp3) is 0.375. The summed E-state index contributed by atoms with van der Waals surface area (Å²) in [6, 6.07) is 14.3. The standard InChI is InChI=1S/C24H28IN5O2/c1-16-15-18(13-14-20(16)31-2)27-23-28-22(26-17-9-5-3-4-6-10-17)29-24(30-23)32-21-12-8-7-11-19(21)25/h7-8,11-15,17H,3-6,9-10H2,1-2H3,(H2,26,27,28,29,30). The number of anilines is 3. The number of halogens is 1. The Labute approximate surface area is 202 Å². The molecule has 4 rings (SSSR count). The minimum atomic E-state index is 0.257. The van der Waals surface area contributed by atoms with Crippen LogP contribution in [0.15, 0.2) is 42.5 Å². The van der Waals surface area contributed by atoms with Crippen molar-refractivity contribution >= 4 is 40.2 Å². The lowest BCUT2D eigenvalue weighted by molar-refractivity contribution is 0.412. The van der Waals surface area contributed by atoms with Crippen LogP contribution in [0, 0.1) is 10.5 Å². The summed E-state index contributed by atoms with van der Waals surface area (Å²) < 4.78 is 12.4. The molecule has 0 saturated heterocycles. The second kappa shape index (κ2) is 10.8. The van der Waals surface area contributed by atoms with Crippen LogP contribution in [0.2, 0.25) is 0 Å². The van der Waals surface area contributed by atoms with E-state index in [9.17, 15) is 0 Å². The van der Waals surface area contributed by atoms with Crippen LogP contribution < -0.4 is 20.1 Å². The van der Waals surface area contributed by atoms with Gasteiger partial charge in [0, 0.05) is 11.7 Å². The summed E-state index contributed by atoms with van der Waals surface area (Å²) in [6.07, 6.45) is 7.28. The second-order valence-corrected chi connectivity index (χ2v) is 9.10. The van der Waals surface area contributed by atoms with Crippen molar-refractivity contribution in [2.75, 3.05) is 17.7 Å². The van der Waals surface area contributed by atoms with Crippen molar-refractivity contribution in [2.45, 2.75) is 51.5 Å². The van der Waals surface area contributed by atoms with Crippen LogP contribution in [-0.4, -0.2) is 28.1 Å². The number of methoxy groups -OCH3 is 1. The zero-order chi connectivity index (χ0) is 22.3. The van der Waals surface area contributed by atoms with Crippen LogP contribution in [0.1, 0.15) is 44.1 Å². The predicted octanol–water partition coefficient (Wildman–Crippen LogP) is 6.46. The molecule has 2 aromatic carbocycles. The van der Waals surface area contributed by atoms with Gasteiger partial charge in [0.2, 0.25) is 11.9 Å². The molecule has 0 aliphatic heterocycles. The van der Waals surface area contributed by atoms with E-state index in [0.29, 0.717) is 23.7 Å². The molecule has 0 atom stereocenters. The normalized spacial score (nSPS) is 14.5. The monoisotopic (exact) mass is 545 g/mol. The number of ether oxygens (including phenoxy) is 2. The fourth-order valence-electron chi connectivity index (χ4n) is 3.84. The number of rotatable bonds is 7. The van der Waals surface area contributed by atoms with Crippen molar-refractivity contribution in [3.63, 3.8) is 0 Å². The van der Waals surface area contributed by atoms with Gasteiger partial charge in [0.05, 0.1) is 10.7 Å². The number of hydrogen-bond acceptors (Lipinski definition) is 7. The van der Waals surface area contributed by atoms with Gasteiger partial charge < -0.3 is 20.1 Å². The number of nitrogens with one attached hydrogen (secondary N) is 2. The number of aryl methyl sites for hydroxylation is 1. The Morgan fingerprint density at radius 1 is 0.906 bits per heavy atom. The number of para-hydroxylation sites is 1. The van der Waals surface area contributed by atoms with E-state index < -0.39 is 0 Å². The van der Waals surface area contributed by atoms with E-state index in [4.69, 9.17) is 9.47 Å². The molecule has 7 nitrogen and oxygen atoms in total. The Hall–Kier alpha value is -2.62. The van der Waals surface area contributed by atoms with E-state index in [1.165, 1.54) is 25.7 Å². The summed E-state index contributed by atoms with van der Waals surface area (Å²) in [5.74, 6) is 2.51. The molecule has 8 heteroatoms. The first kappa shape index (κ1) is 22.6. The lowest BCUT2D eigenvalue weighted by atomic mass is 10.1. The van der Waals surface area contributed by atoms with E-state index in [1.54, 1.807) is 7.11 Å². The average molecular weight is 545 g/mol. The molecule has 0 radical (unpaired) electrons. The molecule has 32 heavy (non-hydrogen) atoms. The summed E-state index contributed by atoms with van der Waals surface area (Å²) in [5.41, 5.74) is 1.90. The molecule has 1 heterocycles. The van der Waals surface area contributed by atoms with Crippen molar-refractivity contribution in [1.82, 2.24) is 15.0 Å². The highest BCUT2D eigenvalue weighted by atomic mass is 127. The van der Waals surface area contributed by atoms with Crippen molar-refractivity contribution < 1.29 is 9.47 Å². The minimum Gasteiger partial charge on any atom is -0.496 e. The first-order valence-corrected chi connectivity index (χ1v) is 12.1. The van der Waals surface area contributed by atoms with E-state index in [0.717, 1.165) is 33.4 Å². The second-order valence-electron chi connectivity index (χ2n) is 7.94. The Balaban J connectivity index is 1.61. The molecular weight excluding hydrogens is 517 g/mol. The Morgan fingerprint density at radius 2 is 1.66 bits per heavy atom. The van der Waals surface area contributed by atoms with Crippen LogP contribution >= 0.6 is 22.6 Å². The first-order valence-electron chi connectivity index (χ1n) is 11.0. The third-order valence-electron chi connectivity index (χ3n) is 5.49. The highest BCUT2D eigenvalue weighted by molar-refractivity contribution is 14.1. The van der Waals surface area contributed by atoms with Gasteiger partial charge in [-0.05, 0) is 78.3 Å². The zero-order valence-corrected chi connectivity index (χ0v) is 20.6.